The van der Waals surface area contributed by atoms with Crippen LogP contribution < -0.4 is 5.63 Å². The van der Waals surface area contributed by atoms with E-state index in [1.165, 1.54) is 12.1 Å². The average molecular weight is 310 g/mol. The maximum atomic E-state index is 12.1. The van der Waals surface area contributed by atoms with Crippen LogP contribution in [0, 0.1) is 0 Å². The topological polar surface area (TPSA) is 76.7 Å². The SMILES string of the molecule is CCOC(=O)c1cc2ccc(O)c(-c3ccccc3)c2oc1=O. The Bertz CT molecular complexity index is 925. The molecule has 1 heterocycles. The monoisotopic (exact) mass is 310 g/mol. The number of hydrogen-bond acceptors (Lipinski definition) is 5. The number of aromatic hydroxyl groups is 1. The van der Waals surface area contributed by atoms with Gasteiger partial charge < -0.3 is 14.3 Å². The maximum absolute atomic E-state index is 12.1. The first-order valence-corrected chi connectivity index (χ1v) is 7.14. The third-order valence-electron chi connectivity index (χ3n) is 3.44. The molecule has 2 aromatic carbocycles. The molecule has 1 N–H and O–H groups in total. The van der Waals surface area contributed by atoms with Crippen molar-refractivity contribution in [3.63, 3.8) is 0 Å². The molecule has 23 heavy (non-hydrogen) atoms. The van der Waals surface area contributed by atoms with Crippen LogP contribution in [0.25, 0.3) is 22.1 Å². The van der Waals surface area contributed by atoms with Crippen molar-refractivity contribution in [1.29, 1.82) is 0 Å². The van der Waals surface area contributed by atoms with E-state index in [0.29, 0.717) is 16.5 Å². The molecule has 0 spiro atoms. The van der Waals surface area contributed by atoms with Crippen LogP contribution in [0.5, 0.6) is 5.75 Å². The van der Waals surface area contributed by atoms with Gasteiger partial charge in [-0.15, -0.1) is 0 Å². The summed E-state index contributed by atoms with van der Waals surface area (Å²) >= 11 is 0. The Balaban J connectivity index is 2.27. The minimum atomic E-state index is -0.793. The Morgan fingerprint density at radius 3 is 2.61 bits per heavy atom. The highest BCUT2D eigenvalue weighted by atomic mass is 16.5. The Morgan fingerprint density at radius 2 is 1.91 bits per heavy atom. The van der Waals surface area contributed by atoms with Crippen LogP contribution in [-0.2, 0) is 4.74 Å². The minimum Gasteiger partial charge on any atom is -0.507 e. The first-order chi connectivity index (χ1) is 11.1. The smallest absolute Gasteiger partial charge is 0.351 e. The quantitative estimate of drug-likeness (QED) is 0.593. The molecule has 0 radical (unpaired) electrons. The van der Waals surface area contributed by atoms with Gasteiger partial charge in [0.2, 0.25) is 0 Å². The number of esters is 1. The third kappa shape index (κ3) is 2.68. The van der Waals surface area contributed by atoms with E-state index in [1.807, 2.05) is 18.2 Å². The fourth-order valence-electron chi connectivity index (χ4n) is 2.41. The Hall–Kier alpha value is -3.08. The number of phenolic OH excluding ortho intramolecular Hbond substituents is 1. The third-order valence-corrected chi connectivity index (χ3v) is 3.44. The van der Waals surface area contributed by atoms with Crippen molar-refractivity contribution in [2.24, 2.45) is 0 Å². The molecular weight excluding hydrogens is 296 g/mol. The van der Waals surface area contributed by atoms with Crippen molar-refractivity contribution < 1.29 is 19.1 Å². The van der Waals surface area contributed by atoms with Crippen molar-refractivity contribution in [2.75, 3.05) is 6.61 Å². The van der Waals surface area contributed by atoms with Crippen molar-refractivity contribution in [3.8, 4) is 16.9 Å². The zero-order valence-corrected chi connectivity index (χ0v) is 12.4. The van der Waals surface area contributed by atoms with E-state index in [1.54, 1.807) is 25.1 Å². The van der Waals surface area contributed by atoms with E-state index in [9.17, 15) is 14.7 Å². The molecule has 0 aliphatic heterocycles. The predicted octanol–water partition coefficient (Wildman–Crippen LogP) is 3.34. The van der Waals surface area contributed by atoms with Gasteiger partial charge in [0.05, 0.1) is 12.2 Å². The van der Waals surface area contributed by atoms with Gasteiger partial charge in [0.1, 0.15) is 16.9 Å². The molecule has 0 aliphatic carbocycles. The average Bonchev–Trinajstić information content (AvgIpc) is 2.55. The second kappa shape index (κ2) is 5.96. The lowest BCUT2D eigenvalue weighted by Gasteiger charge is -2.09. The number of carbonyl (C=O) groups is 1. The van der Waals surface area contributed by atoms with E-state index in [-0.39, 0.29) is 23.5 Å². The van der Waals surface area contributed by atoms with Gasteiger partial charge in [0.15, 0.2) is 0 Å². The summed E-state index contributed by atoms with van der Waals surface area (Å²) in [6.07, 6.45) is 0. The zero-order chi connectivity index (χ0) is 16.4. The number of rotatable bonds is 3. The second-order valence-corrected chi connectivity index (χ2v) is 4.91. The molecule has 0 bridgehead atoms. The lowest BCUT2D eigenvalue weighted by atomic mass is 10.0. The molecule has 0 saturated carbocycles. The van der Waals surface area contributed by atoms with Crippen LogP contribution >= 0.6 is 0 Å². The summed E-state index contributed by atoms with van der Waals surface area (Å²) in [5.41, 5.74) is 0.398. The summed E-state index contributed by atoms with van der Waals surface area (Å²) in [5, 5.41) is 10.7. The van der Waals surface area contributed by atoms with Crippen LogP contribution in [-0.4, -0.2) is 17.7 Å². The van der Waals surface area contributed by atoms with Crippen molar-refractivity contribution in [2.45, 2.75) is 6.92 Å². The number of fused-ring (bicyclic) bond motifs is 1. The van der Waals surface area contributed by atoms with Gasteiger partial charge in [0, 0.05) is 5.39 Å². The molecule has 0 amide bonds. The number of phenols is 1. The highest BCUT2D eigenvalue weighted by molar-refractivity contribution is 5.99. The van der Waals surface area contributed by atoms with Crippen molar-refractivity contribution in [1.82, 2.24) is 0 Å². The van der Waals surface area contributed by atoms with E-state index < -0.39 is 11.6 Å². The fourth-order valence-corrected chi connectivity index (χ4v) is 2.41. The summed E-state index contributed by atoms with van der Waals surface area (Å²) < 4.78 is 10.2. The van der Waals surface area contributed by atoms with Crippen molar-refractivity contribution >= 4 is 16.9 Å². The summed E-state index contributed by atoms with van der Waals surface area (Å²) in [6, 6.07) is 13.6. The Labute approximate surface area is 131 Å². The van der Waals surface area contributed by atoms with E-state index in [4.69, 9.17) is 9.15 Å². The molecule has 5 heteroatoms. The van der Waals surface area contributed by atoms with Gasteiger partial charge >= 0.3 is 11.6 Å². The highest BCUT2D eigenvalue weighted by Gasteiger charge is 2.18. The van der Waals surface area contributed by atoms with Gasteiger partial charge in [-0.25, -0.2) is 9.59 Å². The van der Waals surface area contributed by atoms with Gasteiger partial charge in [-0.1, -0.05) is 30.3 Å². The van der Waals surface area contributed by atoms with Crippen molar-refractivity contribution in [3.05, 3.63) is 64.5 Å². The molecule has 0 unspecified atom stereocenters. The van der Waals surface area contributed by atoms with Gasteiger partial charge in [-0.3, -0.25) is 0 Å². The summed E-state index contributed by atoms with van der Waals surface area (Å²) in [6.45, 7) is 1.83. The van der Waals surface area contributed by atoms with Crippen LogP contribution in [0.3, 0.4) is 0 Å². The molecule has 3 rings (SSSR count). The van der Waals surface area contributed by atoms with E-state index in [2.05, 4.69) is 0 Å². The lowest BCUT2D eigenvalue weighted by molar-refractivity contribution is 0.0522. The van der Waals surface area contributed by atoms with Gasteiger partial charge in [-0.05, 0) is 30.7 Å². The minimum absolute atomic E-state index is 0.00395. The number of hydrogen-bond donors (Lipinski definition) is 1. The zero-order valence-electron chi connectivity index (χ0n) is 12.4. The molecule has 0 fully saturated rings. The van der Waals surface area contributed by atoms with Crippen LogP contribution in [0.4, 0.5) is 0 Å². The number of carbonyl (C=O) groups excluding carboxylic acids is 1. The Kier molecular flexibility index (Phi) is 3.85. The van der Waals surface area contributed by atoms with Crippen LogP contribution in [0.15, 0.2) is 57.7 Å². The molecular formula is C18H14O5. The highest BCUT2D eigenvalue weighted by Crippen LogP contribution is 2.35. The first kappa shape index (κ1) is 14.8. The summed E-state index contributed by atoms with van der Waals surface area (Å²) in [7, 11) is 0. The fraction of sp³-hybridized carbons (Fsp3) is 0.111. The number of benzene rings is 2. The van der Waals surface area contributed by atoms with Gasteiger partial charge in [0.25, 0.3) is 0 Å². The lowest BCUT2D eigenvalue weighted by Crippen LogP contribution is -2.16. The van der Waals surface area contributed by atoms with Crippen LogP contribution in [0.1, 0.15) is 17.3 Å². The van der Waals surface area contributed by atoms with E-state index >= 15 is 0 Å². The molecule has 0 aliphatic rings. The molecule has 5 nitrogen and oxygen atoms in total. The second-order valence-electron chi connectivity index (χ2n) is 4.91. The molecule has 1 aromatic heterocycles. The predicted molar refractivity (Wildman–Crippen MR) is 85.5 cm³/mol. The Morgan fingerprint density at radius 1 is 1.17 bits per heavy atom. The number of ether oxygens (including phenoxy) is 1. The molecule has 116 valence electrons. The standard InChI is InChI=1S/C18H14O5/c1-2-22-17(20)13-10-12-8-9-14(19)15(16(12)23-18(13)21)11-6-4-3-5-7-11/h3-10,19H,2H2,1H3. The van der Waals surface area contributed by atoms with E-state index in [0.717, 1.165) is 0 Å². The normalized spacial score (nSPS) is 10.7. The maximum Gasteiger partial charge on any atom is 0.351 e. The largest absolute Gasteiger partial charge is 0.507 e. The molecule has 0 atom stereocenters. The first-order valence-electron chi connectivity index (χ1n) is 7.14. The van der Waals surface area contributed by atoms with Crippen LogP contribution in [0.2, 0.25) is 0 Å². The summed E-state index contributed by atoms with van der Waals surface area (Å²) in [5.74, 6) is -0.728. The molecule has 0 saturated heterocycles. The molecule has 3 aromatic rings. The van der Waals surface area contributed by atoms with Gasteiger partial charge in [-0.2, -0.15) is 0 Å². The summed E-state index contributed by atoms with van der Waals surface area (Å²) in [4.78, 5) is 23.9.